The zero-order valence-corrected chi connectivity index (χ0v) is 12.1. The lowest BCUT2D eigenvalue weighted by Gasteiger charge is -2.12. The second-order valence-electron chi connectivity index (χ2n) is 4.74. The number of carbonyl (C=O) groups excluding carboxylic acids is 1. The Bertz CT molecular complexity index is 381. The maximum absolute atomic E-state index is 11.2. The number of rotatable bonds is 7. The second-order valence-corrected chi connectivity index (χ2v) is 5.73. The molecule has 102 valence electrons. The Balaban J connectivity index is 2.47. The number of nitrogens with zero attached hydrogens (tertiary/aromatic N) is 4. The number of tetrazole rings is 1. The third-order valence-electron chi connectivity index (χ3n) is 2.38. The highest BCUT2D eigenvalue weighted by Gasteiger charge is 2.13. The molecule has 1 atom stereocenters. The van der Waals surface area contributed by atoms with Gasteiger partial charge in [0.05, 0.1) is 7.11 Å². The monoisotopic (exact) mass is 272 g/mol. The number of ether oxygens (including phenoxy) is 1. The van der Waals surface area contributed by atoms with E-state index in [4.69, 9.17) is 0 Å². The molecule has 0 fully saturated rings. The standard InChI is InChI=1S/C11H20N4O2S/c1-8(2)5-9(3)7-18-11-12-13-14-15(11)6-10(16)17-4/h8-9H,5-7H2,1-4H3. The van der Waals surface area contributed by atoms with Gasteiger partial charge in [0.2, 0.25) is 5.16 Å². The zero-order chi connectivity index (χ0) is 13.5. The fourth-order valence-corrected chi connectivity index (χ4v) is 2.59. The summed E-state index contributed by atoms with van der Waals surface area (Å²) < 4.78 is 6.06. The van der Waals surface area contributed by atoms with Crippen molar-refractivity contribution in [3.8, 4) is 0 Å². The molecule has 0 saturated carbocycles. The van der Waals surface area contributed by atoms with Gasteiger partial charge in [-0.15, -0.1) is 5.10 Å². The predicted molar refractivity (Wildman–Crippen MR) is 69.2 cm³/mol. The van der Waals surface area contributed by atoms with Crippen molar-refractivity contribution < 1.29 is 9.53 Å². The van der Waals surface area contributed by atoms with E-state index in [2.05, 4.69) is 41.0 Å². The van der Waals surface area contributed by atoms with Crippen LogP contribution in [0.15, 0.2) is 5.16 Å². The summed E-state index contributed by atoms with van der Waals surface area (Å²) in [5.41, 5.74) is 0. The lowest BCUT2D eigenvalue weighted by atomic mass is 10.0. The van der Waals surface area contributed by atoms with E-state index in [-0.39, 0.29) is 12.5 Å². The van der Waals surface area contributed by atoms with Crippen molar-refractivity contribution in [2.24, 2.45) is 11.8 Å². The van der Waals surface area contributed by atoms with Gasteiger partial charge in [0.1, 0.15) is 6.54 Å². The van der Waals surface area contributed by atoms with Crippen LogP contribution in [-0.4, -0.2) is 39.0 Å². The fourth-order valence-electron chi connectivity index (χ4n) is 1.68. The van der Waals surface area contributed by atoms with Crippen molar-refractivity contribution in [1.29, 1.82) is 0 Å². The number of hydrogen-bond acceptors (Lipinski definition) is 6. The predicted octanol–water partition coefficient (Wildman–Crippen LogP) is 1.62. The van der Waals surface area contributed by atoms with Crippen LogP contribution in [0.3, 0.4) is 0 Å². The van der Waals surface area contributed by atoms with Crippen molar-refractivity contribution in [3.05, 3.63) is 0 Å². The quantitative estimate of drug-likeness (QED) is 0.555. The summed E-state index contributed by atoms with van der Waals surface area (Å²) in [6.07, 6.45) is 1.17. The van der Waals surface area contributed by atoms with Crippen molar-refractivity contribution in [1.82, 2.24) is 20.2 Å². The number of hydrogen-bond donors (Lipinski definition) is 0. The van der Waals surface area contributed by atoms with Gasteiger partial charge in [0.25, 0.3) is 0 Å². The molecular weight excluding hydrogens is 252 g/mol. The Kier molecular flexibility index (Phi) is 6.11. The molecule has 0 amide bonds. The Morgan fingerprint density at radius 2 is 2.17 bits per heavy atom. The molecule has 0 saturated heterocycles. The lowest BCUT2D eigenvalue weighted by molar-refractivity contribution is -0.141. The maximum Gasteiger partial charge on any atom is 0.327 e. The van der Waals surface area contributed by atoms with Gasteiger partial charge in [-0.05, 0) is 28.7 Å². The van der Waals surface area contributed by atoms with E-state index in [0.717, 1.165) is 5.75 Å². The largest absolute Gasteiger partial charge is 0.468 e. The molecule has 1 aromatic rings. The third kappa shape index (κ3) is 5.03. The van der Waals surface area contributed by atoms with Crippen LogP contribution in [0.25, 0.3) is 0 Å². The van der Waals surface area contributed by atoms with Crippen LogP contribution in [0.4, 0.5) is 0 Å². The molecule has 0 spiro atoms. The molecular formula is C11H20N4O2S. The average Bonchev–Trinajstić information content (AvgIpc) is 2.72. The highest BCUT2D eigenvalue weighted by atomic mass is 32.2. The van der Waals surface area contributed by atoms with Gasteiger partial charge in [-0.3, -0.25) is 4.79 Å². The molecule has 0 aromatic carbocycles. The summed E-state index contributed by atoms with van der Waals surface area (Å²) in [4.78, 5) is 11.2. The number of esters is 1. The summed E-state index contributed by atoms with van der Waals surface area (Å²) in [6.45, 7) is 6.69. The summed E-state index contributed by atoms with van der Waals surface area (Å²) >= 11 is 1.58. The SMILES string of the molecule is COC(=O)Cn1nnnc1SCC(C)CC(C)C. The van der Waals surface area contributed by atoms with Gasteiger partial charge < -0.3 is 4.74 Å². The number of methoxy groups -OCH3 is 1. The first-order chi connectivity index (χ1) is 8.52. The molecule has 0 N–H and O–H groups in total. The lowest BCUT2D eigenvalue weighted by Crippen LogP contribution is -2.14. The number of aromatic nitrogens is 4. The summed E-state index contributed by atoms with van der Waals surface area (Å²) in [5.74, 6) is 1.88. The normalized spacial score (nSPS) is 12.7. The molecule has 0 radical (unpaired) electrons. The van der Waals surface area contributed by atoms with Crippen LogP contribution in [-0.2, 0) is 16.1 Å². The maximum atomic E-state index is 11.2. The molecule has 1 aromatic heterocycles. The van der Waals surface area contributed by atoms with E-state index >= 15 is 0 Å². The molecule has 6 nitrogen and oxygen atoms in total. The third-order valence-corrected chi connectivity index (χ3v) is 3.66. The minimum atomic E-state index is -0.348. The van der Waals surface area contributed by atoms with Gasteiger partial charge in [-0.1, -0.05) is 32.5 Å². The van der Waals surface area contributed by atoms with E-state index in [0.29, 0.717) is 17.0 Å². The van der Waals surface area contributed by atoms with Crippen LogP contribution in [0, 0.1) is 11.8 Å². The van der Waals surface area contributed by atoms with E-state index < -0.39 is 0 Å². The first kappa shape index (κ1) is 14.9. The molecule has 0 bridgehead atoms. The fraction of sp³-hybridized carbons (Fsp3) is 0.818. The van der Waals surface area contributed by atoms with E-state index in [1.807, 2.05) is 0 Å². The average molecular weight is 272 g/mol. The van der Waals surface area contributed by atoms with Crippen LogP contribution in [0.1, 0.15) is 27.2 Å². The van der Waals surface area contributed by atoms with Gasteiger partial charge in [0.15, 0.2) is 0 Å². The van der Waals surface area contributed by atoms with Crippen molar-refractivity contribution >= 4 is 17.7 Å². The minimum Gasteiger partial charge on any atom is -0.468 e. The van der Waals surface area contributed by atoms with E-state index in [9.17, 15) is 4.79 Å². The van der Waals surface area contributed by atoms with Gasteiger partial charge in [0, 0.05) is 5.75 Å². The van der Waals surface area contributed by atoms with Crippen LogP contribution in [0.5, 0.6) is 0 Å². The Hall–Kier alpha value is -1.11. The van der Waals surface area contributed by atoms with E-state index in [1.54, 1.807) is 11.8 Å². The highest BCUT2D eigenvalue weighted by molar-refractivity contribution is 7.99. The number of carbonyl (C=O) groups is 1. The zero-order valence-electron chi connectivity index (χ0n) is 11.3. The second kappa shape index (κ2) is 7.35. The Morgan fingerprint density at radius 3 is 2.78 bits per heavy atom. The summed E-state index contributed by atoms with van der Waals surface area (Å²) in [7, 11) is 1.35. The van der Waals surface area contributed by atoms with Crippen LogP contribution >= 0.6 is 11.8 Å². The topological polar surface area (TPSA) is 69.9 Å². The molecule has 0 aliphatic rings. The first-order valence-electron chi connectivity index (χ1n) is 5.98. The molecule has 1 heterocycles. The number of thioether (sulfide) groups is 1. The summed E-state index contributed by atoms with van der Waals surface area (Å²) in [5, 5.41) is 11.9. The minimum absolute atomic E-state index is 0.0599. The smallest absolute Gasteiger partial charge is 0.327 e. The van der Waals surface area contributed by atoms with Crippen molar-refractivity contribution in [2.45, 2.75) is 38.9 Å². The van der Waals surface area contributed by atoms with Gasteiger partial charge >= 0.3 is 5.97 Å². The molecule has 0 aliphatic carbocycles. The molecule has 1 unspecified atom stereocenters. The van der Waals surface area contributed by atoms with Crippen molar-refractivity contribution in [2.75, 3.05) is 12.9 Å². The molecule has 1 rings (SSSR count). The molecule has 18 heavy (non-hydrogen) atoms. The van der Waals surface area contributed by atoms with Gasteiger partial charge in [-0.25, -0.2) is 4.68 Å². The molecule has 0 aliphatic heterocycles. The van der Waals surface area contributed by atoms with Crippen molar-refractivity contribution in [3.63, 3.8) is 0 Å². The van der Waals surface area contributed by atoms with Crippen LogP contribution in [0.2, 0.25) is 0 Å². The molecule has 7 heteroatoms. The van der Waals surface area contributed by atoms with E-state index in [1.165, 1.54) is 18.2 Å². The van der Waals surface area contributed by atoms with Crippen LogP contribution < -0.4 is 0 Å². The van der Waals surface area contributed by atoms with Gasteiger partial charge in [-0.2, -0.15) is 0 Å². The summed E-state index contributed by atoms with van der Waals surface area (Å²) in [6, 6.07) is 0. The first-order valence-corrected chi connectivity index (χ1v) is 6.97. The Labute approximate surface area is 111 Å². The Morgan fingerprint density at radius 1 is 1.44 bits per heavy atom. The highest BCUT2D eigenvalue weighted by Crippen LogP contribution is 2.21.